The summed E-state index contributed by atoms with van der Waals surface area (Å²) in [4.78, 5) is 13.7. The van der Waals surface area contributed by atoms with Gasteiger partial charge in [-0.1, -0.05) is 23.4 Å². The molecule has 0 spiro atoms. The number of aryl methyl sites for hydroxylation is 1. The SMILES string of the molecule is C[C@@H](CN1CCCCc2cccc(CF)c2C1)NC(=O)/C=N\O. The molecule has 1 atom stereocenters. The molecule has 1 aliphatic heterocycles. The molecule has 2 N–H and O–H groups in total. The molecule has 0 bridgehead atoms. The van der Waals surface area contributed by atoms with E-state index in [0.717, 1.165) is 43.1 Å². The highest BCUT2D eigenvalue weighted by molar-refractivity contribution is 6.26. The number of hydrogen-bond acceptors (Lipinski definition) is 4. The number of carbonyl (C=O) groups is 1. The Morgan fingerprint density at radius 3 is 3.09 bits per heavy atom. The number of oxime groups is 1. The fraction of sp³-hybridized carbons (Fsp3) is 0.529. The summed E-state index contributed by atoms with van der Waals surface area (Å²) in [6.07, 6.45) is 4.01. The zero-order valence-electron chi connectivity index (χ0n) is 13.5. The predicted octanol–water partition coefficient (Wildman–Crippen LogP) is 2.26. The first-order chi connectivity index (χ1) is 11.1. The molecule has 5 nitrogen and oxygen atoms in total. The van der Waals surface area contributed by atoms with Gasteiger partial charge in [-0.2, -0.15) is 0 Å². The molecule has 1 heterocycles. The summed E-state index contributed by atoms with van der Waals surface area (Å²) in [6, 6.07) is 5.78. The van der Waals surface area contributed by atoms with E-state index >= 15 is 0 Å². The van der Waals surface area contributed by atoms with Crippen molar-refractivity contribution in [2.45, 2.75) is 45.4 Å². The lowest BCUT2D eigenvalue weighted by Crippen LogP contribution is -2.43. The summed E-state index contributed by atoms with van der Waals surface area (Å²) in [6.45, 7) is 3.75. The molecule has 1 aliphatic rings. The van der Waals surface area contributed by atoms with Crippen molar-refractivity contribution in [1.82, 2.24) is 10.2 Å². The van der Waals surface area contributed by atoms with Crippen molar-refractivity contribution < 1.29 is 14.4 Å². The number of nitrogens with one attached hydrogen (secondary N) is 1. The topological polar surface area (TPSA) is 64.9 Å². The molecule has 0 unspecified atom stereocenters. The van der Waals surface area contributed by atoms with E-state index in [1.165, 1.54) is 5.56 Å². The van der Waals surface area contributed by atoms with Crippen LogP contribution in [0.5, 0.6) is 0 Å². The monoisotopic (exact) mass is 321 g/mol. The van der Waals surface area contributed by atoms with Crippen LogP contribution < -0.4 is 5.32 Å². The number of hydrogen-bond donors (Lipinski definition) is 2. The molecule has 0 aromatic heterocycles. The second kappa shape index (κ2) is 8.62. The van der Waals surface area contributed by atoms with E-state index in [1.807, 2.05) is 19.1 Å². The molecule has 0 saturated heterocycles. The maximum Gasteiger partial charge on any atom is 0.266 e. The summed E-state index contributed by atoms with van der Waals surface area (Å²) in [5.41, 5.74) is 3.08. The summed E-state index contributed by atoms with van der Waals surface area (Å²) >= 11 is 0. The van der Waals surface area contributed by atoms with E-state index in [0.29, 0.717) is 13.1 Å². The Labute approximate surface area is 136 Å². The average Bonchev–Trinajstić information content (AvgIpc) is 2.49. The lowest BCUT2D eigenvalue weighted by Gasteiger charge is -2.29. The number of benzene rings is 1. The Balaban J connectivity index is 2.06. The number of rotatable bonds is 5. The molecule has 2 rings (SSSR count). The first kappa shape index (κ1) is 17.4. The largest absolute Gasteiger partial charge is 0.411 e. The Morgan fingerprint density at radius 2 is 2.35 bits per heavy atom. The van der Waals surface area contributed by atoms with Crippen LogP contribution >= 0.6 is 0 Å². The molecule has 0 aliphatic carbocycles. The molecule has 126 valence electrons. The maximum absolute atomic E-state index is 13.3. The van der Waals surface area contributed by atoms with Gasteiger partial charge >= 0.3 is 0 Å². The Bertz CT molecular complexity index is 563. The van der Waals surface area contributed by atoms with E-state index in [4.69, 9.17) is 5.21 Å². The first-order valence-corrected chi connectivity index (χ1v) is 8.00. The highest BCUT2D eigenvalue weighted by Crippen LogP contribution is 2.23. The van der Waals surface area contributed by atoms with Crippen LogP contribution in [-0.4, -0.2) is 41.4 Å². The van der Waals surface area contributed by atoms with E-state index in [-0.39, 0.29) is 6.04 Å². The molecule has 0 fully saturated rings. The van der Waals surface area contributed by atoms with E-state index in [2.05, 4.69) is 21.4 Å². The highest BCUT2D eigenvalue weighted by atomic mass is 19.1. The molecule has 0 radical (unpaired) electrons. The van der Waals surface area contributed by atoms with Gasteiger partial charge < -0.3 is 10.5 Å². The van der Waals surface area contributed by atoms with Crippen LogP contribution in [0.15, 0.2) is 23.4 Å². The van der Waals surface area contributed by atoms with Crippen LogP contribution in [0.25, 0.3) is 0 Å². The van der Waals surface area contributed by atoms with Crippen molar-refractivity contribution in [2.24, 2.45) is 5.16 Å². The lowest BCUT2D eigenvalue weighted by molar-refractivity contribution is -0.115. The minimum Gasteiger partial charge on any atom is -0.411 e. The number of amides is 1. The van der Waals surface area contributed by atoms with Crippen molar-refractivity contribution >= 4 is 12.1 Å². The fourth-order valence-electron chi connectivity index (χ4n) is 3.13. The van der Waals surface area contributed by atoms with Crippen LogP contribution in [0.1, 0.15) is 36.5 Å². The third-order valence-electron chi connectivity index (χ3n) is 4.16. The standard InChI is InChI=1S/C17H24FN3O2/c1-13(20-17(22)10-19-23)11-21-8-3-2-5-14-6-4-7-15(9-18)16(14)12-21/h4,6-7,10,13,23H,2-3,5,8-9,11-12H2,1H3,(H,20,22)/b19-10-/t13-/m0/s1. The predicted molar refractivity (Wildman–Crippen MR) is 87.4 cm³/mol. The lowest BCUT2D eigenvalue weighted by atomic mass is 9.95. The normalized spacial score (nSPS) is 17.3. The van der Waals surface area contributed by atoms with Crippen molar-refractivity contribution in [1.29, 1.82) is 0 Å². The van der Waals surface area contributed by atoms with Gasteiger partial charge in [0.2, 0.25) is 0 Å². The third-order valence-corrected chi connectivity index (χ3v) is 4.16. The van der Waals surface area contributed by atoms with Crippen molar-refractivity contribution in [3.63, 3.8) is 0 Å². The van der Waals surface area contributed by atoms with Gasteiger partial charge in [0.1, 0.15) is 12.9 Å². The van der Waals surface area contributed by atoms with Crippen molar-refractivity contribution in [3.05, 3.63) is 34.9 Å². The van der Waals surface area contributed by atoms with Gasteiger partial charge in [-0.15, -0.1) is 0 Å². The second-order valence-electron chi connectivity index (χ2n) is 6.03. The summed E-state index contributed by atoms with van der Waals surface area (Å²) in [5, 5.41) is 13.8. The highest BCUT2D eigenvalue weighted by Gasteiger charge is 2.18. The molecule has 1 amide bonds. The summed E-state index contributed by atoms with van der Waals surface area (Å²) in [5.74, 6) is -0.420. The van der Waals surface area contributed by atoms with Gasteiger partial charge in [-0.05, 0) is 49.4 Å². The zero-order valence-corrected chi connectivity index (χ0v) is 13.5. The van der Waals surface area contributed by atoms with Gasteiger partial charge in [0.05, 0.1) is 0 Å². The van der Waals surface area contributed by atoms with E-state index in [9.17, 15) is 9.18 Å². The molecular weight excluding hydrogens is 297 g/mol. The molecule has 1 aromatic carbocycles. The average molecular weight is 321 g/mol. The minimum atomic E-state index is -0.448. The number of halogens is 1. The van der Waals surface area contributed by atoms with Crippen LogP contribution in [0.3, 0.4) is 0 Å². The van der Waals surface area contributed by atoms with Crippen LogP contribution in [0.4, 0.5) is 4.39 Å². The quantitative estimate of drug-likeness (QED) is 0.497. The van der Waals surface area contributed by atoms with Crippen LogP contribution in [0, 0.1) is 0 Å². The van der Waals surface area contributed by atoms with Gasteiger partial charge in [-0.25, -0.2) is 4.39 Å². The Morgan fingerprint density at radius 1 is 1.52 bits per heavy atom. The maximum atomic E-state index is 13.3. The molecular formula is C17H24FN3O2. The molecule has 6 heteroatoms. The van der Waals surface area contributed by atoms with Crippen molar-refractivity contribution in [2.75, 3.05) is 13.1 Å². The summed E-state index contributed by atoms with van der Waals surface area (Å²) < 4.78 is 13.3. The molecule has 0 saturated carbocycles. The smallest absolute Gasteiger partial charge is 0.266 e. The number of alkyl halides is 1. The number of carbonyl (C=O) groups excluding carboxylic acids is 1. The second-order valence-corrected chi connectivity index (χ2v) is 6.03. The van der Waals surface area contributed by atoms with Gasteiger partial charge in [0.25, 0.3) is 5.91 Å². The number of nitrogens with zero attached hydrogens (tertiary/aromatic N) is 2. The number of fused-ring (bicyclic) bond motifs is 1. The molecule has 23 heavy (non-hydrogen) atoms. The first-order valence-electron chi connectivity index (χ1n) is 8.00. The van der Waals surface area contributed by atoms with E-state index in [1.54, 1.807) is 0 Å². The van der Waals surface area contributed by atoms with Gasteiger partial charge in [-0.3, -0.25) is 9.69 Å². The van der Waals surface area contributed by atoms with Gasteiger partial charge in [0, 0.05) is 19.1 Å². The third kappa shape index (κ3) is 5.03. The van der Waals surface area contributed by atoms with Crippen LogP contribution in [-0.2, 0) is 24.4 Å². The Kier molecular flexibility index (Phi) is 6.52. The summed E-state index contributed by atoms with van der Waals surface area (Å²) in [7, 11) is 0. The van der Waals surface area contributed by atoms with E-state index < -0.39 is 12.6 Å². The zero-order chi connectivity index (χ0) is 16.7. The van der Waals surface area contributed by atoms with Crippen LogP contribution in [0.2, 0.25) is 0 Å². The fourth-order valence-corrected chi connectivity index (χ4v) is 3.13. The Hall–Kier alpha value is -1.95. The minimum absolute atomic E-state index is 0.0825. The van der Waals surface area contributed by atoms with Crippen molar-refractivity contribution in [3.8, 4) is 0 Å². The molecule has 1 aromatic rings. The van der Waals surface area contributed by atoms with Gasteiger partial charge in [0.15, 0.2) is 0 Å².